The van der Waals surface area contributed by atoms with Crippen molar-refractivity contribution in [3.8, 4) is 17.2 Å². The molecule has 0 radical (unpaired) electrons. The lowest BCUT2D eigenvalue weighted by atomic mass is 10.0. The number of halogens is 1. The summed E-state index contributed by atoms with van der Waals surface area (Å²) in [5, 5.41) is 10.1. The van der Waals surface area contributed by atoms with Crippen molar-refractivity contribution in [1.29, 1.82) is 5.26 Å². The summed E-state index contributed by atoms with van der Waals surface area (Å²) in [6.07, 6.45) is 1.36. The molecule has 3 rings (SSSR count). The lowest BCUT2D eigenvalue weighted by Gasteiger charge is -2.36. The van der Waals surface area contributed by atoms with Crippen LogP contribution in [0.15, 0.2) is 30.5 Å². The van der Waals surface area contributed by atoms with Crippen molar-refractivity contribution in [1.82, 2.24) is 14.8 Å². The number of carbonyl (C=O) groups is 2. The van der Waals surface area contributed by atoms with Crippen molar-refractivity contribution < 1.29 is 14.3 Å². The Labute approximate surface area is 205 Å². The Bertz CT molecular complexity index is 1110. The van der Waals surface area contributed by atoms with E-state index in [1.165, 1.54) is 0 Å². The van der Waals surface area contributed by atoms with Gasteiger partial charge in [-0.25, -0.2) is 9.78 Å². The minimum atomic E-state index is -0.542. The van der Waals surface area contributed by atoms with Crippen LogP contribution < -0.4 is 4.90 Å². The molecular weight excluding hydrogens is 454 g/mol. The summed E-state index contributed by atoms with van der Waals surface area (Å²) < 4.78 is 5.45. The Kier molecular flexibility index (Phi) is 7.68. The van der Waals surface area contributed by atoms with Gasteiger partial charge in [0.15, 0.2) is 0 Å². The van der Waals surface area contributed by atoms with Crippen LogP contribution in [-0.2, 0) is 4.74 Å². The van der Waals surface area contributed by atoms with Gasteiger partial charge in [0.05, 0.1) is 16.1 Å². The molecule has 2 aromatic rings. The third-order valence-electron chi connectivity index (χ3n) is 5.57. The Morgan fingerprint density at radius 2 is 1.85 bits per heavy atom. The summed E-state index contributed by atoms with van der Waals surface area (Å²) in [5.41, 5.74) is 1.83. The van der Waals surface area contributed by atoms with E-state index in [0.29, 0.717) is 54.7 Å². The van der Waals surface area contributed by atoms with E-state index in [-0.39, 0.29) is 12.0 Å². The van der Waals surface area contributed by atoms with Gasteiger partial charge in [-0.2, -0.15) is 5.26 Å². The molecule has 0 bridgehead atoms. The molecule has 8 nitrogen and oxygen atoms in total. The lowest BCUT2D eigenvalue weighted by molar-refractivity contribution is 0.0240. The lowest BCUT2D eigenvalue weighted by Crippen LogP contribution is -2.50. The number of rotatable bonds is 4. The van der Waals surface area contributed by atoms with Crippen LogP contribution in [0.1, 0.15) is 43.6 Å². The Morgan fingerprint density at radius 1 is 1.18 bits per heavy atom. The van der Waals surface area contributed by atoms with Gasteiger partial charge >= 0.3 is 6.09 Å². The van der Waals surface area contributed by atoms with E-state index in [1.807, 2.05) is 32.6 Å². The second-order valence-corrected chi connectivity index (χ2v) is 9.58. The van der Waals surface area contributed by atoms with Crippen LogP contribution in [0.5, 0.6) is 0 Å². The number of piperazine rings is 1. The van der Waals surface area contributed by atoms with Crippen LogP contribution in [0.2, 0.25) is 5.02 Å². The molecule has 0 aliphatic carbocycles. The second kappa shape index (κ2) is 10.3. The predicted molar refractivity (Wildman–Crippen MR) is 132 cm³/mol. The molecule has 0 spiro atoms. The molecule has 1 aromatic carbocycles. The molecule has 34 heavy (non-hydrogen) atoms. The van der Waals surface area contributed by atoms with E-state index in [9.17, 15) is 14.9 Å². The Morgan fingerprint density at radius 3 is 2.41 bits per heavy atom. The molecular formula is C25H30ClN5O3. The molecule has 0 unspecified atom stereocenters. The van der Waals surface area contributed by atoms with Crippen LogP contribution in [0, 0.1) is 11.3 Å². The van der Waals surface area contributed by atoms with Crippen LogP contribution in [0.25, 0.3) is 11.1 Å². The fourth-order valence-electron chi connectivity index (χ4n) is 3.59. The van der Waals surface area contributed by atoms with Gasteiger partial charge in [0.1, 0.15) is 17.5 Å². The van der Waals surface area contributed by atoms with E-state index in [0.717, 1.165) is 11.1 Å². The quantitative estimate of drug-likeness (QED) is 0.639. The highest BCUT2D eigenvalue weighted by Gasteiger charge is 2.27. The van der Waals surface area contributed by atoms with E-state index in [2.05, 4.69) is 11.1 Å². The molecule has 0 atom stereocenters. The van der Waals surface area contributed by atoms with Gasteiger partial charge in [-0.3, -0.25) is 4.79 Å². The number of ether oxygens (including phenoxy) is 1. The van der Waals surface area contributed by atoms with Gasteiger partial charge in [-0.15, -0.1) is 0 Å². The average molecular weight is 484 g/mol. The molecule has 1 fully saturated rings. The molecule has 1 aromatic heterocycles. The second-order valence-electron chi connectivity index (χ2n) is 9.18. The summed E-state index contributed by atoms with van der Waals surface area (Å²) in [4.78, 5) is 34.6. The van der Waals surface area contributed by atoms with Gasteiger partial charge in [0.25, 0.3) is 5.91 Å². The van der Waals surface area contributed by atoms with Gasteiger partial charge in [0, 0.05) is 51.5 Å². The monoisotopic (exact) mass is 483 g/mol. The summed E-state index contributed by atoms with van der Waals surface area (Å²) in [6, 6.07) is 9.22. The molecule has 1 saturated heterocycles. The number of aromatic nitrogens is 1. The zero-order valence-electron chi connectivity index (χ0n) is 20.3. The van der Waals surface area contributed by atoms with Crippen molar-refractivity contribution in [3.05, 3.63) is 46.6 Å². The molecule has 0 N–H and O–H groups in total. The first-order chi connectivity index (χ1) is 16.0. The van der Waals surface area contributed by atoms with Crippen molar-refractivity contribution in [2.75, 3.05) is 44.7 Å². The summed E-state index contributed by atoms with van der Waals surface area (Å²) in [5.74, 6) is 0.438. The van der Waals surface area contributed by atoms with Crippen molar-refractivity contribution in [2.24, 2.45) is 0 Å². The minimum Gasteiger partial charge on any atom is -0.444 e. The maximum atomic E-state index is 12.4. The molecule has 1 aliphatic heterocycles. The SMILES string of the molecule is CCN(C)C(=O)c1ccc(-c2cnc(N3CCN(C(=O)OC(C)(C)C)CC3)c(C#N)c2)cc1Cl. The van der Waals surface area contributed by atoms with Gasteiger partial charge in [-0.05, 0) is 51.5 Å². The number of amides is 2. The van der Waals surface area contributed by atoms with Gasteiger partial charge in [-0.1, -0.05) is 17.7 Å². The summed E-state index contributed by atoms with van der Waals surface area (Å²) in [7, 11) is 1.72. The third-order valence-corrected chi connectivity index (χ3v) is 5.88. The third kappa shape index (κ3) is 5.78. The molecule has 180 valence electrons. The highest BCUT2D eigenvalue weighted by molar-refractivity contribution is 6.34. The van der Waals surface area contributed by atoms with E-state index >= 15 is 0 Å². The molecule has 0 saturated carbocycles. The largest absolute Gasteiger partial charge is 0.444 e. The maximum absolute atomic E-state index is 12.4. The number of pyridine rings is 1. The highest BCUT2D eigenvalue weighted by atomic mass is 35.5. The number of carbonyl (C=O) groups excluding carboxylic acids is 2. The zero-order valence-corrected chi connectivity index (χ0v) is 21.0. The highest BCUT2D eigenvalue weighted by Crippen LogP contribution is 2.29. The standard InChI is InChI=1S/C25H30ClN5O3/c1-6-29(5)23(32)20-8-7-17(14-21(20)26)19-13-18(15-27)22(28-16-19)30-9-11-31(12-10-30)24(33)34-25(2,3)4/h7-8,13-14,16H,6,9-12H2,1-5H3. The summed E-state index contributed by atoms with van der Waals surface area (Å²) >= 11 is 6.40. The first-order valence-electron chi connectivity index (χ1n) is 11.2. The number of benzene rings is 1. The van der Waals surface area contributed by atoms with E-state index < -0.39 is 5.60 Å². The van der Waals surface area contributed by atoms with Crippen LogP contribution in [0.3, 0.4) is 0 Å². The first-order valence-corrected chi connectivity index (χ1v) is 11.6. The van der Waals surface area contributed by atoms with E-state index in [1.54, 1.807) is 47.3 Å². The maximum Gasteiger partial charge on any atom is 0.410 e. The first kappa shape index (κ1) is 25.3. The van der Waals surface area contributed by atoms with Crippen LogP contribution >= 0.6 is 11.6 Å². The molecule has 2 amide bonds. The Hall–Kier alpha value is -3.31. The molecule has 9 heteroatoms. The fraction of sp³-hybridized carbons (Fsp3) is 0.440. The van der Waals surface area contributed by atoms with Crippen LogP contribution in [0.4, 0.5) is 10.6 Å². The molecule has 1 aliphatic rings. The zero-order chi connectivity index (χ0) is 25.0. The van der Waals surface area contributed by atoms with Crippen molar-refractivity contribution in [2.45, 2.75) is 33.3 Å². The fourth-order valence-corrected chi connectivity index (χ4v) is 3.86. The number of anilines is 1. The summed E-state index contributed by atoms with van der Waals surface area (Å²) in [6.45, 7) is 10.1. The number of nitrogens with zero attached hydrogens (tertiary/aromatic N) is 5. The number of hydrogen-bond acceptors (Lipinski definition) is 6. The number of hydrogen-bond donors (Lipinski definition) is 0. The van der Waals surface area contributed by atoms with Crippen LogP contribution in [-0.4, -0.2) is 72.2 Å². The molecule has 2 heterocycles. The Balaban J connectivity index is 1.76. The van der Waals surface area contributed by atoms with Crippen molar-refractivity contribution >= 4 is 29.4 Å². The van der Waals surface area contributed by atoms with Crippen molar-refractivity contribution in [3.63, 3.8) is 0 Å². The minimum absolute atomic E-state index is 0.143. The number of nitriles is 1. The van der Waals surface area contributed by atoms with Gasteiger partial charge in [0.2, 0.25) is 0 Å². The normalized spacial score (nSPS) is 13.9. The smallest absolute Gasteiger partial charge is 0.410 e. The van der Waals surface area contributed by atoms with Gasteiger partial charge < -0.3 is 19.4 Å². The van der Waals surface area contributed by atoms with E-state index in [4.69, 9.17) is 16.3 Å². The predicted octanol–water partition coefficient (Wildman–Crippen LogP) is 4.42. The topological polar surface area (TPSA) is 89.8 Å². The average Bonchev–Trinajstić information content (AvgIpc) is 2.81.